The minimum absolute atomic E-state index is 0.0949. The number of nitrogens with two attached hydrogens (primary N) is 1. The summed E-state index contributed by atoms with van der Waals surface area (Å²) >= 11 is 0. The van der Waals surface area contributed by atoms with Crippen molar-refractivity contribution in [1.29, 1.82) is 0 Å². The molecule has 0 aliphatic carbocycles. The number of hydrogen-bond acceptors (Lipinski definition) is 6. The first-order chi connectivity index (χ1) is 11.7. The Morgan fingerprint density at radius 2 is 2.12 bits per heavy atom. The van der Waals surface area contributed by atoms with E-state index in [-0.39, 0.29) is 18.0 Å². The summed E-state index contributed by atoms with van der Waals surface area (Å²) in [5.41, 5.74) is 8.79. The molecule has 0 spiro atoms. The molecule has 3 aromatic rings. The number of nitrogens with zero attached hydrogens (tertiary/aromatic N) is 4. The van der Waals surface area contributed by atoms with E-state index in [9.17, 15) is 0 Å². The number of nitrogen functional groups attached to an aromatic ring is 1. The van der Waals surface area contributed by atoms with Gasteiger partial charge in [-0.15, -0.1) is 0 Å². The van der Waals surface area contributed by atoms with Gasteiger partial charge in [-0.05, 0) is 18.5 Å². The van der Waals surface area contributed by atoms with E-state index in [1.807, 2.05) is 24.3 Å². The topological polar surface area (TPSA) is 90.4 Å². The van der Waals surface area contributed by atoms with Crippen LogP contribution in [-0.2, 0) is 0 Å². The Morgan fingerprint density at radius 1 is 1.29 bits per heavy atom. The fourth-order valence-corrected chi connectivity index (χ4v) is 2.96. The Kier molecular flexibility index (Phi) is 3.78. The second-order valence-electron chi connectivity index (χ2n) is 6.07. The number of benzene rings is 1. The minimum atomic E-state index is 0.0949. The van der Waals surface area contributed by atoms with Crippen LogP contribution in [0.3, 0.4) is 0 Å². The molecule has 124 valence electrons. The van der Waals surface area contributed by atoms with Crippen molar-refractivity contribution in [3.8, 4) is 6.01 Å². The third-order valence-corrected chi connectivity index (χ3v) is 4.38. The summed E-state index contributed by atoms with van der Waals surface area (Å²) in [4.78, 5) is 8.68. The van der Waals surface area contributed by atoms with Gasteiger partial charge < -0.3 is 15.8 Å². The molecular weight excluding hydrogens is 304 g/mol. The van der Waals surface area contributed by atoms with Crippen LogP contribution >= 0.6 is 0 Å². The summed E-state index contributed by atoms with van der Waals surface area (Å²) in [7, 11) is 0. The van der Waals surface area contributed by atoms with Crippen molar-refractivity contribution in [2.45, 2.75) is 25.4 Å². The zero-order chi connectivity index (χ0) is 16.5. The van der Waals surface area contributed by atoms with Crippen LogP contribution < -0.4 is 15.8 Å². The SMILES string of the molecule is C[C@@H](c1ccccc1)c1cc2nc(O[C@H]3CCNC3)nc(N)n2n1. The van der Waals surface area contributed by atoms with Gasteiger partial charge in [-0.2, -0.15) is 19.6 Å². The summed E-state index contributed by atoms with van der Waals surface area (Å²) < 4.78 is 7.38. The second kappa shape index (κ2) is 6.09. The predicted octanol–water partition coefficient (Wildman–Crippen LogP) is 1.60. The number of anilines is 1. The smallest absolute Gasteiger partial charge is 0.322 e. The zero-order valence-corrected chi connectivity index (χ0v) is 13.5. The molecular formula is C17H20N6O. The highest BCUT2D eigenvalue weighted by atomic mass is 16.5. The van der Waals surface area contributed by atoms with E-state index in [0.29, 0.717) is 11.7 Å². The van der Waals surface area contributed by atoms with Gasteiger partial charge in [-0.3, -0.25) is 0 Å². The first-order valence-electron chi connectivity index (χ1n) is 8.16. The first-order valence-corrected chi connectivity index (χ1v) is 8.16. The molecule has 4 rings (SSSR count). The molecule has 3 N–H and O–H groups in total. The van der Waals surface area contributed by atoms with Crippen molar-refractivity contribution < 1.29 is 4.74 Å². The highest BCUT2D eigenvalue weighted by molar-refractivity contribution is 5.47. The molecule has 7 nitrogen and oxygen atoms in total. The predicted molar refractivity (Wildman–Crippen MR) is 91.1 cm³/mol. The molecule has 0 bridgehead atoms. The van der Waals surface area contributed by atoms with Crippen molar-refractivity contribution in [3.63, 3.8) is 0 Å². The molecule has 1 aliphatic heterocycles. The third-order valence-electron chi connectivity index (χ3n) is 4.38. The Balaban J connectivity index is 1.66. The second-order valence-corrected chi connectivity index (χ2v) is 6.07. The molecule has 1 aliphatic rings. The standard InChI is InChI=1S/C17H20N6O/c1-11(12-5-3-2-4-6-12)14-9-15-20-17(21-16(18)23(15)22-14)24-13-7-8-19-10-13/h2-6,9,11,13,19H,7-8,10H2,1H3,(H2,18,20,21)/t11-,13-/m0/s1. The lowest BCUT2D eigenvalue weighted by molar-refractivity contribution is 0.204. The molecule has 3 heterocycles. The van der Waals surface area contributed by atoms with Gasteiger partial charge >= 0.3 is 6.01 Å². The summed E-state index contributed by atoms with van der Waals surface area (Å²) in [5.74, 6) is 0.433. The van der Waals surface area contributed by atoms with Crippen LogP contribution in [0, 0.1) is 0 Å². The van der Waals surface area contributed by atoms with Gasteiger partial charge in [-0.1, -0.05) is 37.3 Å². The molecule has 1 fully saturated rings. The van der Waals surface area contributed by atoms with Crippen molar-refractivity contribution >= 4 is 11.6 Å². The van der Waals surface area contributed by atoms with Crippen LogP contribution in [0.2, 0.25) is 0 Å². The molecule has 24 heavy (non-hydrogen) atoms. The van der Waals surface area contributed by atoms with E-state index in [1.54, 1.807) is 4.52 Å². The maximum absolute atomic E-state index is 6.04. The van der Waals surface area contributed by atoms with E-state index in [2.05, 4.69) is 39.4 Å². The Bertz CT molecular complexity index is 841. The van der Waals surface area contributed by atoms with Gasteiger partial charge in [-0.25, -0.2) is 0 Å². The third kappa shape index (κ3) is 2.78. The Labute approximate surface area is 139 Å². The number of aromatic nitrogens is 4. The van der Waals surface area contributed by atoms with Crippen molar-refractivity contribution in [2.75, 3.05) is 18.8 Å². The molecule has 2 atom stereocenters. The monoisotopic (exact) mass is 324 g/mol. The van der Waals surface area contributed by atoms with Crippen molar-refractivity contribution in [3.05, 3.63) is 47.7 Å². The summed E-state index contributed by atoms with van der Waals surface area (Å²) in [6.45, 7) is 3.88. The number of rotatable bonds is 4. The van der Waals surface area contributed by atoms with E-state index < -0.39 is 0 Å². The number of fused-ring (bicyclic) bond motifs is 1. The van der Waals surface area contributed by atoms with E-state index in [0.717, 1.165) is 25.2 Å². The van der Waals surface area contributed by atoms with Crippen LogP contribution in [0.15, 0.2) is 36.4 Å². The molecule has 0 unspecified atom stereocenters. The lowest BCUT2D eigenvalue weighted by atomic mass is 9.98. The van der Waals surface area contributed by atoms with Crippen molar-refractivity contribution in [1.82, 2.24) is 24.9 Å². The zero-order valence-electron chi connectivity index (χ0n) is 13.5. The summed E-state index contributed by atoms with van der Waals surface area (Å²) in [6, 6.07) is 12.5. The van der Waals surface area contributed by atoms with E-state index >= 15 is 0 Å². The molecule has 7 heteroatoms. The largest absolute Gasteiger partial charge is 0.459 e. The van der Waals surface area contributed by atoms with Gasteiger partial charge in [0.15, 0.2) is 5.65 Å². The average Bonchev–Trinajstić information content (AvgIpc) is 3.25. The van der Waals surface area contributed by atoms with E-state index in [1.165, 1.54) is 5.56 Å². The number of hydrogen-bond donors (Lipinski definition) is 2. The van der Waals surface area contributed by atoms with E-state index in [4.69, 9.17) is 10.5 Å². The van der Waals surface area contributed by atoms with Crippen LogP contribution in [-0.4, -0.2) is 38.8 Å². The van der Waals surface area contributed by atoms with Gasteiger partial charge in [0.25, 0.3) is 0 Å². The number of ether oxygens (including phenoxy) is 1. The molecule has 0 saturated carbocycles. The van der Waals surface area contributed by atoms with Gasteiger partial charge in [0.2, 0.25) is 5.95 Å². The first kappa shape index (κ1) is 14.9. The van der Waals surface area contributed by atoms with Crippen LogP contribution in [0.4, 0.5) is 5.95 Å². The van der Waals surface area contributed by atoms with Crippen LogP contribution in [0.25, 0.3) is 5.65 Å². The molecule has 2 aromatic heterocycles. The fourth-order valence-electron chi connectivity index (χ4n) is 2.96. The lowest BCUT2D eigenvalue weighted by Crippen LogP contribution is -2.21. The van der Waals surface area contributed by atoms with Gasteiger partial charge in [0.05, 0.1) is 5.69 Å². The highest BCUT2D eigenvalue weighted by Gasteiger charge is 2.20. The maximum atomic E-state index is 6.04. The fraction of sp³-hybridized carbons (Fsp3) is 0.353. The van der Waals surface area contributed by atoms with Crippen molar-refractivity contribution in [2.24, 2.45) is 0 Å². The Morgan fingerprint density at radius 3 is 2.88 bits per heavy atom. The molecule has 1 aromatic carbocycles. The summed E-state index contributed by atoms with van der Waals surface area (Å²) in [6.07, 6.45) is 1.04. The highest BCUT2D eigenvalue weighted by Crippen LogP contribution is 2.24. The molecule has 0 amide bonds. The van der Waals surface area contributed by atoms with Crippen LogP contribution in [0.5, 0.6) is 6.01 Å². The number of nitrogens with one attached hydrogen (secondary N) is 1. The lowest BCUT2D eigenvalue weighted by Gasteiger charge is -2.10. The summed E-state index contributed by atoms with van der Waals surface area (Å²) in [5, 5.41) is 7.81. The quantitative estimate of drug-likeness (QED) is 0.757. The molecule has 1 saturated heterocycles. The normalized spacial score (nSPS) is 18.8. The molecule has 0 radical (unpaired) electrons. The van der Waals surface area contributed by atoms with Crippen LogP contribution in [0.1, 0.15) is 30.5 Å². The maximum Gasteiger partial charge on any atom is 0.322 e. The average molecular weight is 324 g/mol. The van der Waals surface area contributed by atoms with Gasteiger partial charge in [0, 0.05) is 18.5 Å². The Hall–Kier alpha value is -2.67. The van der Waals surface area contributed by atoms with Gasteiger partial charge in [0.1, 0.15) is 6.10 Å². The minimum Gasteiger partial charge on any atom is -0.459 e.